The molecule has 0 saturated heterocycles. The van der Waals surface area contributed by atoms with E-state index in [1.54, 1.807) is 4.31 Å². The van der Waals surface area contributed by atoms with Gasteiger partial charge in [0.15, 0.2) is 5.03 Å². The van der Waals surface area contributed by atoms with Gasteiger partial charge in [0, 0.05) is 17.1 Å². The first kappa shape index (κ1) is 13.8. The molecule has 20 heavy (non-hydrogen) atoms. The van der Waals surface area contributed by atoms with Crippen molar-refractivity contribution in [3.05, 3.63) is 46.8 Å². The number of aromatic nitrogens is 2. The van der Waals surface area contributed by atoms with Crippen LogP contribution in [-0.4, -0.2) is 28.7 Å². The van der Waals surface area contributed by atoms with Gasteiger partial charge < -0.3 is 4.98 Å². The fraction of sp³-hybridized carbons (Fsp3) is 0.308. The SMILES string of the molecule is O=S(=O)(c1cnc[nH]1)N(Cc1ccccc1Br)C1CC1. The van der Waals surface area contributed by atoms with E-state index in [2.05, 4.69) is 25.9 Å². The van der Waals surface area contributed by atoms with Gasteiger partial charge in [0.1, 0.15) is 0 Å². The van der Waals surface area contributed by atoms with E-state index >= 15 is 0 Å². The molecule has 0 aliphatic heterocycles. The number of rotatable bonds is 5. The van der Waals surface area contributed by atoms with Crippen molar-refractivity contribution < 1.29 is 8.42 Å². The highest BCUT2D eigenvalue weighted by Crippen LogP contribution is 2.34. The Bertz CT molecular complexity index is 696. The predicted molar refractivity (Wildman–Crippen MR) is 78.5 cm³/mol. The summed E-state index contributed by atoms with van der Waals surface area (Å²) in [4.78, 5) is 6.49. The van der Waals surface area contributed by atoms with Crippen LogP contribution in [0.4, 0.5) is 0 Å². The molecule has 1 heterocycles. The predicted octanol–water partition coefficient (Wildman–Crippen LogP) is 2.53. The number of nitrogens with zero attached hydrogens (tertiary/aromatic N) is 2. The molecule has 1 saturated carbocycles. The van der Waals surface area contributed by atoms with Crippen molar-refractivity contribution in [2.24, 2.45) is 0 Å². The van der Waals surface area contributed by atoms with E-state index in [0.29, 0.717) is 6.54 Å². The third kappa shape index (κ3) is 2.65. The molecule has 1 aliphatic carbocycles. The van der Waals surface area contributed by atoms with E-state index in [4.69, 9.17) is 0 Å². The lowest BCUT2D eigenvalue weighted by atomic mass is 10.2. The van der Waals surface area contributed by atoms with Crippen molar-refractivity contribution in [2.75, 3.05) is 0 Å². The highest BCUT2D eigenvalue weighted by Gasteiger charge is 2.38. The van der Waals surface area contributed by atoms with Crippen molar-refractivity contribution >= 4 is 26.0 Å². The van der Waals surface area contributed by atoms with Gasteiger partial charge in [-0.3, -0.25) is 0 Å². The normalized spacial score (nSPS) is 15.7. The Morgan fingerprint density at radius 2 is 2.10 bits per heavy atom. The van der Waals surface area contributed by atoms with E-state index in [9.17, 15) is 8.42 Å². The molecule has 0 spiro atoms. The molecule has 1 aromatic heterocycles. The summed E-state index contributed by atoms with van der Waals surface area (Å²) in [5.41, 5.74) is 0.961. The lowest BCUT2D eigenvalue weighted by molar-refractivity contribution is 0.396. The average Bonchev–Trinajstić information content (AvgIpc) is 3.09. The zero-order valence-corrected chi connectivity index (χ0v) is 13.1. The third-order valence-electron chi connectivity index (χ3n) is 3.30. The maximum absolute atomic E-state index is 12.6. The van der Waals surface area contributed by atoms with Gasteiger partial charge in [-0.2, -0.15) is 4.31 Å². The Kier molecular flexibility index (Phi) is 3.66. The van der Waals surface area contributed by atoms with Crippen LogP contribution in [0.25, 0.3) is 0 Å². The number of hydrogen-bond acceptors (Lipinski definition) is 3. The van der Waals surface area contributed by atoms with E-state index in [-0.39, 0.29) is 11.1 Å². The first-order valence-corrected chi connectivity index (χ1v) is 8.56. The monoisotopic (exact) mass is 355 g/mol. The highest BCUT2D eigenvalue weighted by molar-refractivity contribution is 9.10. The topological polar surface area (TPSA) is 66.1 Å². The molecule has 0 atom stereocenters. The fourth-order valence-electron chi connectivity index (χ4n) is 2.08. The average molecular weight is 356 g/mol. The van der Waals surface area contributed by atoms with Crippen LogP contribution in [0, 0.1) is 0 Å². The number of aromatic amines is 1. The summed E-state index contributed by atoms with van der Waals surface area (Å²) >= 11 is 3.47. The van der Waals surface area contributed by atoms with Crippen molar-refractivity contribution in [1.82, 2.24) is 14.3 Å². The van der Waals surface area contributed by atoms with Crippen LogP contribution in [0.5, 0.6) is 0 Å². The van der Waals surface area contributed by atoms with E-state index < -0.39 is 10.0 Å². The number of benzene rings is 1. The summed E-state index contributed by atoms with van der Waals surface area (Å²) < 4.78 is 27.7. The molecule has 106 valence electrons. The number of imidazole rings is 1. The molecule has 1 N–H and O–H groups in total. The zero-order chi connectivity index (χ0) is 14.2. The molecule has 1 aliphatic rings. The summed E-state index contributed by atoms with van der Waals surface area (Å²) in [6.45, 7) is 0.368. The Morgan fingerprint density at radius 3 is 2.70 bits per heavy atom. The standard InChI is InChI=1S/C13H14BrN3O2S/c14-12-4-2-1-3-10(12)8-17(11-5-6-11)20(18,19)13-7-15-9-16-13/h1-4,7,9,11H,5-6,8H2,(H,15,16). The van der Waals surface area contributed by atoms with Gasteiger partial charge in [0.2, 0.25) is 0 Å². The molecule has 1 fully saturated rings. The van der Waals surface area contributed by atoms with Crippen LogP contribution in [0.15, 0.2) is 46.3 Å². The minimum atomic E-state index is -3.52. The molecule has 7 heteroatoms. The van der Waals surface area contributed by atoms with Crippen molar-refractivity contribution in [2.45, 2.75) is 30.5 Å². The number of nitrogens with one attached hydrogen (secondary N) is 1. The second kappa shape index (κ2) is 5.31. The molecule has 1 aromatic carbocycles. The van der Waals surface area contributed by atoms with E-state index in [1.807, 2.05) is 24.3 Å². The van der Waals surface area contributed by atoms with Gasteiger partial charge >= 0.3 is 0 Å². The van der Waals surface area contributed by atoms with Crippen molar-refractivity contribution in [3.63, 3.8) is 0 Å². The van der Waals surface area contributed by atoms with Crippen LogP contribution in [0.3, 0.4) is 0 Å². The molecule has 3 rings (SSSR count). The van der Waals surface area contributed by atoms with Gasteiger partial charge in [-0.1, -0.05) is 34.1 Å². The summed E-state index contributed by atoms with van der Waals surface area (Å²) in [6.07, 6.45) is 4.57. The minimum absolute atomic E-state index is 0.0930. The number of sulfonamides is 1. The third-order valence-corrected chi connectivity index (χ3v) is 5.90. The largest absolute Gasteiger partial charge is 0.335 e. The summed E-state index contributed by atoms with van der Waals surface area (Å²) in [7, 11) is -3.52. The molecular weight excluding hydrogens is 342 g/mol. The molecule has 2 aromatic rings. The Labute approximate surface area is 126 Å². The van der Waals surface area contributed by atoms with Gasteiger partial charge in [0.05, 0.1) is 12.5 Å². The quantitative estimate of drug-likeness (QED) is 0.895. The van der Waals surface area contributed by atoms with E-state index in [1.165, 1.54) is 12.5 Å². The summed E-state index contributed by atoms with van der Waals surface area (Å²) in [5.74, 6) is 0. The molecular formula is C13H14BrN3O2S. The van der Waals surface area contributed by atoms with Crippen LogP contribution in [0.2, 0.25) is 0 Å². The molecule has 0 bridgehead atoms. The summed E-state index contributed by atoms with van der Waals surface area (Å²) in [6, 6.07) is 7.77. The van der Waals surface area contributed by atoms with Gasteiger partial charge in [-0.15, -0.1) is 0 Å². The van der Waals surface area contributed by atoms with Crippen LogP contribution in [0.1, 0.15) is 18.4 Å². The first-order chi connectivity index (χ1) is 9.59. The second-order valence-corrected chi connectivity index (χ2v) is 7.50. The van der Waals surface area contributed by atoms with Crippen LogP contribution < -0.4 is 0 Å². The minimum Gasteiger partial charge on any atom is -0.335 e. The maximum Gasteiger partial charge on any atom is 0.260 e. The Balaban J connectivity index is 1.93. The molecule has 0 radical (unpaired) electrons. The van der Waals surface area contributed by atoms with Crippen LogP contribution >= 0.6 is 15.9 Å². The van der Waals surface area contributed by atoms with Crippen molar-refractivity contribution in [3.8, 4) is 0 Å². The lowest BCUT2D eigenvalue weighted by Crippen LogP contribution is -2.33. The summed E-state index contributed by atoms with van der Waals surface area (Å²) in [5, 5.41) is 0.149. The van der Waals surface area contributed by atoms with Gasteiger partial charge in [-0.05, 0) is 24.5 Å². The Hall–Kier alpha value is -1.18. The van der Waals surface area contributed by atoms with Gasteiger partial charge in [-0.25, -0.2) is 13.4 Å². The van der Waals surface area contributed by atoms with Gasteiger partial charge in [0.25, 0.3) is 10.0 Å². The second-order valence-electron chi connectivity index (χ2n) is 4.79. The zero-order valence-electron chi connectivity index (χ0n) is 10.7. The maximum atomic E-state index is 12.6. The lowest BCUT2D eigenvalue weighted by Gasteiger charge is -2.21. The van der Waals surface area contributed by atoms with Crippen molar-refractivity contribution in [1.29, 1.82) is 0 Å². The highest BCUT2D eigenvalue weighted by atomic mass is 79.9. The first-order valence-electron chi connectivity index (χ1n) is 6.32. The number of H-pyrrole nitrogens is 1. The molecule has 0 amide bonds. The van der Waals surface area contributed by atoms with E-state index in [0.717, 1.165) is 22.9 Å². The number of halogens is 1. The molecule has 0 unspecified atom stereocenters. The number of hydrogen-bond donors (Lipinski definition) is 1. The Morgan fingerprint density at radius 1 is 1.35 bits per heavy atom. The smallest absolute Gasteiger partial charge is 0.260 e. The molecule has 5 nitrogen and oxygen atoms in total. The van der Waals surface area contributed by atoms with Crippen LogP contribution in [-0.2, 0) is 16.6 Å². The fourth-order valence-corrected chi connectivity index (χ4v) is 4.05.